The van der Waals surface area contributed by atoms with Gasteiger partial charge in [-0.1, -0.05) is 37.6 Å². The van der Waals surface area contributed by atoms with E-state index in [0.29, 0.717) is 79.4 Å². The SMILES string of the molecule is C/C=C(\COc1ccc2nc3c(c(CC)c2c1)Cn1c-3cc2c(c1=O)COC(=O)[C@]2(O)CC)C(=O)N1C2CCC1CN(c1nc(OC[C@@]34CCCN3C[C@H](F)C4)nc3c(F)c(-c4ccc(F)c5sc(NC(=O)OC(C)(C)C)c(C#N)c45)c(Cl)cc13)C2. The van der Waals surface area contributed by atoms with Gasteiger partial charge in [0.1, 0.15) is 65.6 Å². The molecule has 6 aliphatic heterocycles. The van der Waals surface area contributed by atoms with Crippen LogP contribution in [0.3, 0.4) is 0 Å². The van der Waals surface area contributed by atoms with Gasteiger partial charge in [0.05, 0.1) is 67.5 Å². The highest BCUT2D eigenvalue weighted by Gasteiger charge is 2.50. The van der Waals surface area contributed by atoms with Crippen LogP contribution >= 0.6 is 22.9 Å². The van der Waals surface area contributed by atoms with Gasteiger partial charge in [0.15, 0.2) is 11.4 Å². The molecule has 446 valence electrons. The fourth-order valence-electron chi connectivity index (χ4n) is 14.0. The van der Waals surface area contributed by atoms with Crippen molar-refractivity contribution in [2.75, 3.05) is 49.6 Å². The number of esters is 1. The van der Waals surface area contributed by atoms with E-state index < -0.39 is 46.6 Å². The van der Waals surface area contributed by atoms with Crippen LogP contribution in [0.15, 0.2) is 58.9 Å². The van der Waals surface area contributed by atoms with Crippen LogP contribution in [0, 0.1) is 23.0 Å². The van der Waals surface area contributed by atoms with Crippen LogP contribution in [-0.4, -0.2) is 121 Å². The summed E-state index contributed by atoms with van der Waals surface area (Å²) in [5.74, 6) is -1.78. The minimum Gasteiger partial charge on any atom is -0.489 e. The maximum Gasteiger partial charge on any atom is 0.412 e. The Balaban J connectivity index is 0.788. The zero-order chi connectivity index (χ0) is 60.5. The van der Waals surface area contributed by atoms with Crippen molar-refractivity contribution in [2.24, 2.45) is 0 Å². The molecule has 3 aromatic carbocycles. The number of hydrogen-bond donors (Lipinski definition) is 2. The minimum absolute atomic E-state index is 0.000348. The Morgan fingerprint density at radius 3 is 2.52 bits per heavy atom. The number of pyridine rings is 2. The van der Waals surface area contributed by atoms with Crippen LogP contribution in [0.2, 0.25) is 5.02 Å². The molecule has 86 heavy (non-hydrogen) atoms. The molecule has 0 spiro atoms. The predicted molar refractivity (Wildman–Crippen MR) is 317 cm³/mol. The largest absolute Gasteiger partial charge is 0.489 e. The number of rotatable bonds is 12. The standard InChI is InChI=1S/C63H61ClF3N9O9S/c1-7-31(28-82-35-13-16-46-38(19-35)36(8-2)41-27-75-47(51(41)69-46)21-43-42(57(75)78)29-83-58(79)63(43,81)9-3)56(77)76-33-11-12-34(76)26-73(25-33)54-39-20-44(64)49(50(67)52(39)70-59(71-54)84-30-62-17-10-18-74(62)24-32(65)22-62)37-14-15-45(66)53-48(37)40(23-68)55(86-53)72-60(80)85-61(4,5)6/h7,13-16,19-21,32-34,81H,8-12,17-18,22,24-30H2,1-6H3,(H,72,80)/b31-7+/t32-,33?,34?,62+,63+/m1/s1. The average molecular weight is 1210 g/mol. The summed E-state index contributed by atoms with van der Waals surface area (Å²) in [6, 6.07) is 12.5. The second-order valence-corrected chi connectivity index (χ2v) is 25.6. The zero-order valence-corrected chi connectivity index (χ0v) is 49.7. The molecule has 6 aliphatic rings. The summed E-state index contributed by atoms with van der Waals surface area (Å²) in [6.45, 7) is 12.1. The first-order valence-corrected chi connectivity index (χ1v) is 30.2. The number of aliphatic hydroxyl groups is 1. The number of carbonyl (C=O) groups is 3. The highest BCUT2D eigenvalue weighted by atomic mass is 35.5. The van der Waals surface area contributed by atoms with E-state index >= 15 is 13.2 Å². The van der Waals surface area contributed by atoms with Crippen molar-refractivity contribution in [3.8, 4) is 40.3 Å². The van der Waals surface area contributed by atoms with Gasteiger partial charge < -0.3 is 38.4 Å². The Morgan fingerprint density at radius 1 is 1.02 bits per heavy atom. The number of cyclic esters (lactones) is 1. The lowest BCUT2D eigenvalue weighted by Crippen LogP contribution is -2.56. The normalized spacial score (nSPS) is 22.5. The highest BCUT2D eigenvalue weighted by molar-refractivity contribution is 7.23. The van der Waals surface area contributed by atoms with Gasteiger partial charge in [0, 0.05) is 58.9 Å². The van der Waals surface area contributed by atoms with Gasteiger partial charge in [-0.15, -0.1) is 11.3 Å². The Bertz CT molecular complexity index is 4210. The van der Waals surface area contributed by atoms with Crippen LogP contribution in [0.25, 0.3) is 54.4 Å². The molecule has 4 aromatic heterocycles. The molecule has 2 bridgehead atoms. The summed E-state index contributed by atoms with van der Waals surface area (Å²) >= 11 is 7.95. The van der Waals surface area contributed by atoms with Gasteiger partial charge in [-0.3, -0.25) is 19.8 Å². The summed E-state index contributed by atoms with van der Waals surface area (Å²) in [4.78, 5) is 75.1. The number of anilines is 2. The second-order valence-electron chi connectivity index (χ2n) is 24.1. The summed E-state index contributed by atoms with van der Waals surface area (Å²) in [5, 5.41) is 25.5. The molecule has 18 nitrogen and oxygen atoms in total. The van der Waals surface area contributed by atoms with Crippen molar-refractivity contribution in [2.45, 2.75) is 135 Å². The maximum atomic E-state index is 17.9. The highest BCUT2D eigenvalue weighted by Crippen LogP contribution is 2.49. The minimum atomic E-state index is -1.95. The second kappa shape index (κ2) is 21.2. The van der Waals surface area contributed by atoms with Crippen molar-refractivity contribution in [1.29, 1.82) is 5.26 Å². The lowest BCUT2D eigenvalue weighted by atomic mass is 9.86. The monoisotopic (exact) mass is 1210 g/mol. The van der Waals surface area contributed by atoms with Crippen molar-refractivity contribution in [1.82, 2.24) is 29.3 Å². The van der Waals surface area contributed by atoms with Crippen LogP contribution in [0.4, 0.5) is 28.8 Å². The molecule has 7 aromatic rings. The Kier molecular flexibility index (Phi) is 14.1. The van der Waals surface area contributed by atoms with Gasteiger partial charge in [0.25, 0.3) is 11.5 Å². The summed E-state index contributed by atoms with van der Waals surface area (Å²) in [7, 11) is 0. The molecule has 5 atom stereocenters. The molecule has 2 amide bonds. The van der Waals surface area contributed by atoms with Crippen molar-refractivity contribution < 1.29 is 51.6 Å². The number of benzene rings is 3. The molecule has 10 heterocycles. The molecular formula is C63H61ClF3N9O9S. The van der Waals surface area contributed by atoms with E-state index in [1.165, 1.54) is 12.1 Å². The summed E-state index contributed by atoms with van der Waals surface area (Å²) in [6.07, 6.45) is 3.64. The van der Waals surface area contributed by atoms with Crippen LogP contribution in [0.1, 0.15) is 108 Å². The van der Waals surface area contributed by atoms with Crippen molar-refractivity contribution in [3.63, 3.8) is 0 Å². The third kappa shape index (κ3) is 9.29. The van der Waals surface area contributed by atoms with Gasteiger partial charge >= 0.3 is 18.1 Å². The number of aromatic nitrogens is 4. The number of carbonyl (C=O) groups excluding carboxylic acids is 3. The Hall–Kier alpha value is -7.84. The lowest BCUT2D eigenvalue weighted by molar-refractivity contribution is -0.172. The fraction of sp³-hybridized carbons (Fsp3) is 0.429. The molecule has 0 saturated carbocycles. The van der Waals surface area contributed by atoms with Crippen LogP contribution < -0.4 is 25.2 Å². The summed E-state index contributed by atoms with van der Waals surface area (Å²) in [5.41, 5.74) is 0.364. The van der Waals surface area contributed by atoms with E-state index in [-0.39, 0.29) is 134 Å². The van der Waals surface area contributed by atoms with E-state index in [1.807, 2.05) is 28.9 Å². The van der Waals surface area contributed by atoms with Crippen molar-refractivity contribution in [3.05, 3.63) is 109 Å². The quantitative estimate of drug-likeness (QED) is 0.0860. The average Bonchev–Trinajstić information content (AvgIpc) is 1.50. The first-order chi connectivity index (χ1) is 41.2. The van der Waals surface area contributed by atoms with E-state index in [4.69, 9.17) is 40.5 Å². The van der Waals surface area contributed by atoms with E-state index in [1.54, 1.807) is 57.4 Å². The zero-order valence-electron chi connectivity index (χ0n) is 48.2. The molecular weight excluding hydrogens is 1150 g/mol. The van der Waals surface area contributed by atoms with Gasteiger partial charge in [-0.2, -0.15) is 15.2 Å². The molecule has 4 fully saturated rings. The third-order valence-corrected chi connectivity index (χ3v) is 19.4. The van der Waals surface area contributed by atoms with Gasteiger partial charge in [-0.05, 0) is 120 Å². The molecule has 2 unspecified atom stereocenters. The Morgan fingerprint density at radius 2 is 1.80 bits per heavy atom. The first-order valence-electron chi connectivity index (χ1n) is 29.0. The number of nitrogens with one attached hydrogen (secondary N) is 1. The number of thiophene rings is 1. The third-order valence-electron chi connectivity index (χ3n) is 18.0. The van der Waals surface area contributed by atoms with Crippen molar-refractivity contribution >= 4 is 83.6 Å². The van der Waals surface area contributed by atoms with Gasteiger partial charge in [-0.25, -0.2) is 27.7 Å². The van der Waals surface area contributed by atoms with E-state index in [0.717, 1.165) is 40.3 Å². The van der Waals surface area contributed by atoms with Crippen LogP contribution in [-0.2, 0) is 44.2 Å². The number of fused-ring (bicyclic) bond motifs is 10. The van der Waals surface area contributed by atoms with E-state index in [2.05, 4.69) is 21.3 Å². The first kappa shape index (κ1) is 57.2. The fourth-order valence-corrected chi connectivity index (χ4v) is 15.3. The number of amides is 2. The van der Waals surface area contributed by atoms with Crippen LogP contribution in [0.5, 0.6) is 11.8 Å². The topological polar surface area (TPSA) is 215 Å². The number of nitriles is 1. The molecule has 13 rings (SSSR count). The predicted octanol–water partition coefficient (Wildman–Crippen LogP) is 10.8. The summed E-state index contributed by atoms with van der Waals surface area (Å²) < 4.78 is 73.8. The Labute approximate surface area is 501 Å². The molecule has 4 saturated heterocycles. The number of ether oxygens (including phenoxy) is 4. The lowest BCUT2D eigenvalue weighted by Gasteiger charge is -2.42. The number of piperazine rings is 1. The van der Waals surface area contributed by atoms with Gasteiger partial charge in [0.2, 0.25) is 0 Å². The number of nitrogens with zero attached hydrogens (tertiary/aromatic N) is 8. The molecule has 23 heteroatoms. The number of alkyl halides is 1. The van der Waals surface area contributed by atoms with E-state index in [9.17, 15) is 29.5 Å². The smallest absolute Gasteiger partial charge is 0.412 e. The molecule has 2 N–H and O–H groups in total. The number of hydrogen-bond acceptors (Lipinski definition) is 16. The number of halogens is 4. The molecule has 0 aliphatic carbocycles. The number of aryl methyl sites for hydroxylation is 1. The number of allylic oxidation sites excluding steroid dienone is 1. The maximum absolute atomic E-state index is 17.9. The molecule has 0 radical (unpaired) electrons.